The largest absolute Gasteiger partial charge is 0.410 e. The van der Waals surface area contributed by atoms with Gasteiger partial charge in [0.05, 0.1) is 5.52 Å². The number of rotatable bonds is 5. The highest BCUT2D eigenvalue weighted by Crippen LogP contribution is 2.35. The Morgan fingerprint density at radius 3 is 2.41 bits per heavy atom. The van der Waals surface area contributed by atoms with Gasteiger partial charge >= 0.3 is 6.09 Å². The lowest BCUT2D eigenvalue weighted by atomic mass is 10.1. The number of hydrogen-bond donors (Lipinski definition) is 3. The van der Waals surface area contributed by atoms with Gasteiger partial charge in [0, 0.05) is 10.6 Å². The van der Waals surface area contributed by atoms with Crippen molar-refractivity contribution in [3.8, 4) is 11.7 Å². The second kappa shape index (κ2) is 8.30. The number of anilines is 2. The molecule has 12 heteroatoms. The van der Waals surface area contributed by atoms with E-state index in [9.17, 15) is 9.18 Å². The molecule has 0 atom stereocenters. The van der Waals surface area contributed by atoms with Crippen LogP contribution in [0.2, 0.25) is 0 Å². The molecule has 0 unspecified atom stereocenters. The van der Waals surface area contributed by atoms with Gasteiger partial charge in [-0.15, -0.1) is 0 Å². The highest BCUT2D eigenvalue weighted by molar-refractivity contribution is 7.99. The van der Waals surface area contributed by atoms with Gasteiger partial charge in [-0.2, -0.15) is 19.7 Å². The maximum Gasteiger partial charge on any atom is 0.410 e. The quantitative estimate of drug-likeness (QED) is 0.411. The maximum atomic E-state index is 14.3. The molecule has 0 bridgehead atoms. The normalized spacial score (nSPS) is 11.2. The number of carbonyl (C=O) groups excluding carboxylic acids is 1. The van der Waals surface area contributed by atoms with Crippen LogP contribution in [0.5, 0.6) is 5.75 Å². The summed E-state index contributed by atoms with van der Waals surface area (Å²) in [5, 5.41) is 5.00. The SMILES string of the molecule is CC(C)c1ccc2c(n1)c(Sc1ccccc1F)nn2-c1nc(N)c(OC(N)=O)c(N)n1. The van der Waals surface area contributed by atoms with Crippen LogP contribution in [0.25, 0.3) is 17.0 Å². The van der Waals surface area contributed by atoms with Crippen LogP contribution in [0.1, 0.15) is 25.5 Å². The van der Waals surface area contributed by atoms with E-state index in [1.807, 2.05) is 26.0 Å². The highest BCUT2D eigenvalue weighted by atomic mass is 32.2. The topological polar surface area (TPSA) is 161 Å². The van der Waals surface area contributed by atoms with Crippen molar-refractivity contribution < 1.29 is 13.9 Å². The molecule has 0 fully saturated rings. The van der Waals surface area contributed by atoms with Crippen molar-refractivity contribution in [2.45, 2.75) is 29.7 Å². The number of benzene rings is 1. The number of amides is 1. The Morgan fingerprint density at radius 2 is 1.78 bits per heavy atom. The first-order valence-electron chi connectivity index (χ1n) is 9.47. The predicted molar refractivity (Wildman–Crippen MR) is 118 cm³/mol. The maximum absolute atomic E-state index is 14.3. The molecule has 164 valence electrons. The van der Waals surface area contributed by atoms with Gasteiger partial charge in [-0.25, -0.2) is 14.2 Å². The van der Waals surface area contributed by atoms with Crippen LogP contribution in [0.15, 0.2) is 46.3 Å². The van der Waals surface area contributed by atoms with Crippen LogP contribution in [-0.2, 0) is 0 Å². The Labute approximate surface area is 186 Å². The zero-order valence-corrected chi connectivity index (χ0v) is 17.9. The van der Waals surface area contributed by atoms with E-state index in [1.54, 1.807) is 18.2 Å². The summed E-state index contributed by atoms with van der Waals surface area (Å²) in [6, 6.07) is 10.1. The number of aromatic nitrogens is 5. The van der Waals surface area contributed by atoms with Crippen LogP contribution in [0, 0.1) is 5.82 Å². The number of carbonyl (C=O) groups is 1. The minimum absolute atomic E-state index is 0.0290. The summed E-state index contributed by atoms with van der Waals surface area (Å²) in [5.74, 6) is -0.796. The first-order chi connectivity index (χ1) is 15.2. The minimum atomic E-state index is -1.10. The van der Waals surface area contributed by atoms with Crippen molar-refractivity contribution >= 4 is 40.5 Å². The summed E-state index contributed by atoms with van der Waals surface area (Å²) in [4.78, 5) is 24.5. The summed E-state index contributed by atoms with van der Waals surface area (Å²) < 4.78 is 20.5. The zero-order chi connectivity index (χ0) is 23.0. The van der Waals surface area contributed by atoms with E-state index in [0.29, 0.717) is 21.0 Å². The molecule has 4 rings (SSSR count). The van der Waals surface area contributed by atoms with E-state index in [2.05, 4.69) is 15.1 Å². The van der Waals surface area contributed by atoms with E-state index in [-0.39, 0.29) is 35.1 Å². The van der Waals surface area contributed by atoms with E-state index in [1.165, 1.54) is 10.7 Å². The van der Waals surface area contributed by atoms with Gasteiger partial charge in [0.1, 0.15) is 16.4 Å². The number of nitrogens with zero attached hydrogens (tertiary/aromatic N) is 5. The minimum Gasteiger partial charge on any atom is -0.403 e. The third-order valence-corrected chi connectivity index (χ3v) is 5.47. The number of pyridine rings is 1. The number of primary amides is 1. The average molecular weight is 454 g/mol. The second-order valence-electron chi connectivity index (χ2n) is 7.05. The number of ether oxygens (including phenoxy) is 1. The Hall–Kier alpha value is -3.93. The van der Waals surface area contributed by atoms with Crippen LogP contribution in [0.3, 0.4) is 0 Å². The van der Waals surface area contributed by atoms with Gasteiger partial charge in [0.2, 0.25) is 5.75 Å². The van der Waals surface area contributed by atoms with Crippen molar-refractivity contribution in [2.75, 3.05) is 11.5 Å². The summed E-state index contributed by atoms with van der Waals surface area (Å²) in [5.41, 5.74) is 18.8. The molecule has 3 aromatic heterocycles. The van der Waals surface area contributed by atoms with Gasteiger partial charge in [-0.1, -0.05) is 37.7 Å². The van der Waals surface area contributed by atoms with E-state index in [4.69, 9.17) is 26.9 Å². The summed E-state index contributed by atoms with van der Waals surface area (Å²) in [6.07, 6.45) is -1.10. The van der Waals surface area contributed by atoms with Crippen molar-refractivity contribution in [1.29, 1.82) is 0 Å². The summed E-state index contributed by atoms with van der Waals surface area (Å²) >= 11 is 1.13. The van der Waals surface area contributed by atoms with Gasteiger partial charge in [-0.3, -0.25) is 0 Å². The molecule has 3 heterocycles. The third-order valence-electron chi connectivity index (χ3n) is 4.45. The number of nitrogens with two attached hydrogens (primary N) is 3. The van der Waals surface area contributed by atoms with E-state index in [0.717, 1.165) is 17.5 Å². The molecular weight excluding hydrogens is 435 g/mol. The molecule has 0 aliphatic rings. The fraction of sp³-hybridized carbons (Fsp3) is 0.150. The fourth-order valence-corrected chi connectivity index (χ4v) is 3.82. The Balaban J connectivity index is 1.89. The number of fused-ring (bicyclic) bond motifs is 1. The number of hydrogen-bond acceptors (Lipinski definition) is 9. The number of nitrogen functional groups attached to an aromatic ring is 2. The molecule has 0 spiro atoms. The average Bonchev–Trinajstić information content (AvgIpc) is 3.10. The molecule has 6 N–H and O–H groups in total. The van der Waals surface area contributed by atoms with E-state index >= 15 is 0 Å². The molecule has 32 heavy (non-hydrogen) atoms. The first kappa shape index (κ1) is 21.3. The summed E-state index contributed by atoms with van der Waals surface area (Å²) in [6.45, 7) is 4.04. The molecule has 1 aromatic carbocycles. The van der Waals surface area contributed by atoms with Crippen molar-refractivity contribution in [3.05, 3.63) is 47.9 Å². The molecule has 0 saturated heterocycles. The van der Waals surface area contributed by atoms with Crippen molar-refractivity contribution in [3.63, 3.8) is 0 Å². The Morgan fingerprint density at radius 1 is 1.09 bits per heavy atom. The molecule has 4 aromatic rings. The Bertz CT molecular complexity index is 1320. The highest BCUT2D eigenvalue weighted by Gasteiger charge is 2.21. The van der Waals surface area contributed by atoms with Gasteiger partial charge in [0.15, 0.2) is 11.6 Å². The van der Waals surface area contributed by atoms with Crippen LogP contribution >= 0.6 is 11.8 Å². The fourth-order valence-electron chi connectivity index (χ4n) is 2.93. The lowest BCUT2D eigenvalue weighted by Gasteiger charge is -2.09. The third kappa shape index (κ3) is 3.99. The first-order valence-corrected chi connectivity index (χ1v) is 10.3. The van der Waals surface area contributed by atoms with Crippen LogP contribution in [0.4, 0.5) is 20.8 Å². The predicted octanol–water partition coefficient (Wildman–Crippen LogP) is 3.25. The van der Waals surface area contributed by atoms with Crippen molar-refractivity contribution in [1.82, 2.24) is 24.7 Å². The van der Waals surface area contributed by atoms with Crippen LogP contribution in [-0.4, -0.2) is 30.8 Å². The second-order valence-corrected chi connectivity index (χ2v) is 8.08. The zero-order valence-electron chi connectivity index (χ0n) is 17.1. The number of halogens is 1. The van der Waals surface area contributed by atoms with Gasteiger partial charge in [-0.05, 0) is 30.2 Å². The molecule has 10 nitrogen and oxygen atoms in total. The lowest BCUT2D eigenvalue weighted by molar-refractivity contribution is 0.211. The molecule has 1 amide bonds. The smallest absolute Gasteiger partial charge is 0.403 e. The molecule has 0 aliphatic carbocycles. The van der Waals surface area contributed by atoms with Crippen molar-refractivity contribution in [2.24, 2.45) is 5.73 Å². The Kier molecular flexibility index (Phi) is 5.53. The molecule has 0 radical (unpaired) electrons. The van der Waals surface area contributed by atoms with Gasteiger partial charge < -0.3 is 21.9 Å². The monoisotopic (exact) mass is 454 g/mol. The lowest BCUT2D eigenvalue weighted by Crippen LogP contribution is -2.19. The molecular formula is C20H19FN8O2S. The molecule has 0 saturated carbocycles. The van der Waals surface area contributed by atoms with Gasteiger partial charge in [0.25, 0.3) is 5.95 Å². The summed E-state index contributed by atoms with van der Waals surface area (Å²) in [7, 11) is 0. The van der Waals surface area contributed by atoms with Crippen LogP contribution < -0.4 is 21.9 Å². The van der Waals surface area contributed by atoms with E-state index < -0.39 is 6.09 Å². The standard InChI is InChI=1S/C20H19FN8O2S/c1-9(2)11-7-8-12-14(25-11)18(32-13-6-4-3-5-10(13)21)28-29(12)20-26-16(22)15(17(23)27-20)31-19(24)30/h3-9H,1-2H3,(H2,24,30)(H4,22,23,26,27). The molecule has 0 aliphatic heterocycles.